The number of hydrogen-bond donors (Lipinski definition) is 0. The number of nitrogens with one attached hydrogen (secondary N) is 1. The Hall–Kier alpha value is -0.940. The SMILES string of the molecule is CC(C)(C)c1ccc(S(=O)(=O)[O-])c[nH+]1. The quantitative estimate of drug-likeness (QED) is 0.647. The highest BCUT2D eigenvalue weighted by atomic mass is 32.2. The molecule has 0 bridgehead atoms. The van der Waals surface area contributed by atoms with E-state index in [4.69, 9.17) is 0 Å². The molecule has 5 heteroatoms. The number of hydrogen-bond acceptors (Lipinski definition) is 3. The van der Waals surface area contributed by atoms with Gasteiger partial charge in [0.2, 0.25) is 0 Å². The maximum absolute atomic E-state index is 10.6. The number of aromatic nitrogens is 1. The Morgan fingerprint density at radius 3 is 2.14 bits per heavy atom. The third-order valence-electron chi connectivity index (χ3n) is 1.88. The van der Waals surface area contributed by atoms with Gasteiger partial charge in [0.1, 0.15) is 15.0 Å². The van der Waals surface area contributed by atoms with Crippen molar-refractivity contribution < 1.29 is 18.0 Å². The standard InChI is InChI=1S/C9H13NO3S/c1-9(2,3)8-5-4-7(6-10-8)14(11,12)13/h4-6H,1-3H3,(H,11,12,13). The van der Waals surface area contributed by atoms with Gasteiger partial charge in [0.05, 0.1) is 0 Å². The first-order valence-electron chi connectivity index (χ1n) is 4.19. The van der Waals surface area contributed by atoms with Crippen LogP contribution in [0.15, 0.2) is 23.2 Å². The zero-order valence-corrected chi connectivity index (χ0v) is 9.18. The molecule has 1 aromatic heterocycles. The summed E-state index contributed by atoms with van der Waals surface area (Å²) in [5, 5.41) is 0. The van der Waals surface area contributed by atoms with Crippen molar-refractivity contribution in [3.05, 3.63) is 24.0 Å². The van der Waals surface area contributed by atoms with Gasteiger partial charge in [-0.25, -0.2) is 13.4 Å². The van der Waals surface area contributed by atoms with E-state index in [0.717, 1.165) is 5.69 Å². The molecule has 0 aliphatic heterocycles. The monoisotopic (exact) mass is 215 g/mol. The van der Waals surface area contributed by atoms with Crippen LogP contribution in [0.3, 0.4) is 0 Å². The number of aromatic amines is 1. The molecule has 0 saturated carbocycles. The van der Waals surface area contributed by atoms with E-state index in [-0.39, 0.29) is 10.3 Å². The van der Waals surface area contributed by atoms with Crippen molar-refractivity contribution in [1.82, 2.24) is 0 Å². The van der Waals surface area contributed by atoms with Gasteiger partial charge >= 0.3 is 0 Å². The van der Waals surface area contributed by atoms with Gasteiger partial charge in [0, 0.05) is 11.5 Å². The van der Waals surface area contributed by atoms with Crippen molar-refractivity contribution in [1.29, 1.82) is 0 Å². The molecule has 0 aliphatic rings. The van der Waals surface area contributed by atoms with Gasteiger partial charge in [-0.05, 0) is 6.07 Å². The van der Waals surface area contributed by atoms with E-state index in [1.54, 1.807) is 6.07 Å². The molecule has 0 spiro atoms. The molecule has 1 N–H and O–H groups in total. The summed E-state index contributed by atoms with van der Waals surface area (Å²) >= 11 is 0. The van der Waals surface area contributed by atoms with Gasteiger partial charge in [-0.2, -0.15) is 0 Å². The summed E-state index contributed by atoms with van der Waals surface area (Å²) in [5.74, 6) is 0. The average molecular weight is 215 g/mol. The summed E-state index contributed by atoms with van der Waals surface area (Å²) < 4.78 is 31.9. The second kappa shape index (κ2) is 3.33. The Morgan fingerprint density at radius 2 is 1.86 bits per heavy atom. The fraction of sp³-hybridized carbons (Fsp3) is 0.444. The zero-order chi connectivity index (χ0) is 11.0. The molecule has 0 aliphatic carbocycles. The van der Waals surface area contributed by atoms with Gasteiger partial charge < -0.3 is 4.55 Å². The largest absolute Gasteiger partial charge is 0.744 e. The van der Waals surface area contributed by atoms with E-state index < -0.39 is 10.1 Å². The van der Waals surface area contributed by atoms with Crippen molar-refractivity contribution in [2.24, 2.45) is 0 Å². The minimum atomic E-state index is -4.35. The lowest BCUT2D eigenvalue weighted by Gasteiger charge is -2.12. The van der Waals surface area contributed by atoms with Crippen molar-refractivity contribution in [2.75, 3.05) is 0 Å². The van der Waals surface area contributed by atoms with Gasteiger partial charge in [0.15, 0.2) is 11.9 Å². The first-order valence-corrected chi connectivity index (χ1v) is 5.60. The summed E-state index contributed by atoms with van der Waals surface area (Å²) in [6.07, 6.45) is 1.23. The van der Waals surface area contributed by atoms with Crippen molar-refractivity contribution in [2.45, 2.75) is 31.1 Å². The van der Waals surface area contributed by atoms with E-state index in [9.17, 15) is 13.0 Å². The Morgan fingerprint density at radius 1 is 1.29 bits per heavy atom. The number of pyridine rings is 1. The van der Waals surface area contributed by atoms with E-state index in [2.05, 4.69) is 4.98 Å². The van der Waals surface area contributed by atoms with Crippen LogP contribution in [0.2, 0.25) is 0 Å². The Bertz CT molecular complexity index is 414. The molecule has 0 radical (unpaired) electrons. The smallest absolute Gasteiger partial charge is 0.185 e. The molecule has 0 aromatic carbocycles. The van der Waals surface area contributed by atoms with Gasteiger partial charge in [-0.1, -0.05) is 20.8 Å². The Labute approximate surface area is 83.7 Å². The van der Waals surface area contributed by atoms with Crippen LogP contribution in [0.1, 0.15) is 26.5 Å². The summed E-state index contributed by atoms with van der Waals surface area (Å²) in [6, 6.07) is 2.93. The van der Waals surface area contributed by atoms with Crippen LogP contribution in [0, 0.1) is 0 Å². The third kappa shape index (κ3) is 2.52. The summed E-state index contributed by atoms with van der Waals surface area (Å²) in [7, 11) is -4.35. The minimum absolute atomic E-state index is 0.0921. The van der Waals surface area contributed by atoms with Crippen molar-refractivity contribution in [3.63, 3.8) is 0 Å². The van der Waals surface area contributed by atoms with Crippen LogP contribution >= 0.6 is 0 Å². The van der Waals surface area contributed by atoms with Crippen LogP contribution in [-0.4, -0.2) is 13.0 Å². The van der Waals surface area contributed by atoms with Gasteiger partial charge in [-0.3, -0.25) is 0 Å². The summed E-state index contributed by atoms with van der Waals surface area (Å²) in [4.78, 5) is 2.57. The van der Waals surface area contributed by atoms with Crippen LogP contribution in [0.4, 0.5) is 0 Å². The van der Waals surface area contributed by atoms with E-state index in [1.165, 1.54) is 12.3 Å². The average Bonchev–Trinajstić information content (AvgIpc) is 2.01. The molecule has 0 saturated heterocycles. The van der Waals surface area contributed by atoms with Crippen LogP contribution in [0.25, 0.3) is 0 Å². The topological polar surface area (TPSA) is 71.3 Å². The highest BCUT2D eigenvalue weighted by molar-refractivity contribution is 7.85. The maximum atomic E-state index is 10.6. The third-order valence-corrected chi connectivity index (χ3v) is 2.71. The predicted molar refractivity (Wildman–Crippen MR) is 49.7 cm³/mol. The molecule has 1 aromatic rings. The van der Waals surface area contributed by atoms with E-state index in [1.807, 2.05) is 20.8 Å². The van der Waals surface area contributed by atoms with Crippen LogP contribution in [-0.2, 0) is 15.5 Å². The maximum Gasteiger partial charge on any atom is 0.185 e. The normalized spacial score (nSPS) is 12.9. The highest BCUT2D eigenvalue weighted by Crippen LogP contribution is 2.18. The first kappa shape index (κ1) is 11.1. The van der Waals surface area contributed by atoms with Crippen LogP contribution < -0.4 is 4.98 Å². The second-order valence-electron chi connectivity index (χ2n) is 4.14. The van der Waals surface area contributed by atoms with Crippen LogP contribution in [0.5, 0.6) is 0 Å². The fourth-order valence-corrected chi connectivity index (χ4v) is 1.47. The van der Waals surface area contributed by atoms with E-state index >= 15 is 0 Å². The molecule has 0 unspecified atom stereocenters. The Balaban J connectivity index is 3.14. The molecule has 78 valence electrons. The predicted octanol–water partition coefficient (Wildman–Crippen LogP) is 0.702. The molecule has 4 nitrogen and oxygen atoms in total. The number of H-pyrrole nitrogens is 1. The molecule has 14 heavy (non-hydrogen) atoms. The zero-order valence-electron chi connectivity index (χ0n) is 8.37. The highest BCUT2D eigenvalue weighted by Gasteiger charge is 2.20. The molecular formula is C9H13NO3S. The first-order chi connectivity index (χ1) is 6.21. The van der Waals surface area contributed by atoms with Crippen molar-refractivity contribution in [3.8, 4) is 0 Å². The molecular weight excluding hydrogens is 202 g/mol. The summed E-state index contributed by atoms with van der Waals surface area (Å²) in [5.41, 5.74) is 0.787. The molecule has 1 heterocycles. The lowest BCUT2D eigenvalue weighted by molar-refractivity contribution is -0.399. The van der Waals surface area contributed by atoms with E-state index in [0.29, 0.717) is 0 Å². The number of rotatable bonds is 1. The lowest BCUT2D eigenvalue weighted by atomic mass is 9.92. The second-order valence-corrected chi connectivity index (χ2v) is 5.52. The molecule has 0 fully saturated rings. The fourth-order valence-electron chi connectivity index (χ4n) is 1.03. The van der Waals surface area contributed by atoms with Crippen molar-refractivity contribution >= 4 is 10.1 Å². The van der Waals surface area contributed by atoms with Gasteiger partial charge in [-0.15, -0.1) is 0 Å². The summed E-state index contributed by atoms with van der Waals surface area (Å²) in [6.45, 7) is 5.97. The Kier molecular flexibility index (Phi) is 2.65. The lowest BCUT2D eigenvalue weighted by Crippen LogP contribution is -2.24. The molecule has 0 amide bonds. The molecule has 1 rings (SSSR count). The molecule has 0 atom stereocenters. The minimum Gasteiger partial charge on any atom is -0.744 e. The van der Waals surface area contributed by atoms with Gasteiger partial charge in [0.25, 0.3) is 0 Å².